The lowest BCUT2D eigenvalue weighted by Gasteiger charge is -2.33. The molecule has 0 aliphatic heterocycles. The van der Waals surface area contributed by atoms with E-state index in [0.717, 1.165) is 12.0 Å². The Hall–Kier alpha value is -1.35. The maximum atomic E-state index is 12.0. The summed E-state index contributed by atoms with van der Waals surface area (Å²) in [5.74, 6) is -0.0287. The van der Waals surface area contributed by atoms with Gasteiger partial charge in [-0.15, -0.1) is 0 Å². The van der Waals surface area contributed by atoms with E-state index in [1.54, 1.807) is 13.1 Å². The topological polar surface area (TPSA) is 49.3 Å². The van der Waals surface area contributed by atoms with E-state index in [1.807, 2.05) is 12.1 Å². The van der Waals surface area contributed by atoms with Crippen molar-refractivity contribution in [3.63, 3.8) is 0 Å². The van der Waals surface area contributed by atoms with E-state index in [2.05, 4.69) is 39.9 Å². The SMILES string of the molecule is CNCC(=O)c1cc(C(C)(C)CC(C)(C)C)ccc1O. The molecule has 2 N–H and O–H groups in total. The molecule has 20 heavy (non-hydrogen) atoms. The van der Waals surface area contributed by atoms with Crippen molar-refractivity contribution in [1.29, 1.82) is 0 Å². The zero-order chi connectivity index (χ0) is 15.6. The number of hydrogen-bond acceptors (Lipinski definition) is 3. The first-order chi connectivity index (χ1) is 9.07. The van der Waals surface area contributed by atoms with Gasteiger partial charge in [-0.3, -0.25) is 4.79 Å². The molecule has 0 aliphatic carbocycles. The first kappa shape index (κ1) is 16.7. The molecule has 1 aromatic carbocycles. The summed E-state index contributed by atoms with van der Waals surface area (Å²) in [7, 11) is 1.72. The Morgan fingerprint density at radius 1 is 1.20 bits per heavy atom. The van der Waals surface area contributed by atoms with Crippen LogP contribution in [-0.2, 0) is 5.41 Å². The molecule has 112 valence electrons. The zero-order valence-corrected chi connectivity index (χ0v) is 13.5. The lowest BCUT2D eigenvalue weighted by molar-refractivity contribution is 0.0991. The van der Waals surface area contributed by atoms with Gasteiger partial charge in [0.15, 0.2) is 5.78 Å². The highest BCUT2D eigenvalue weighted by atomic mass is 16.3. The predicted molar refractivity (Wildman–Crippen MR) is 83.5 cm³/mol. The number of phenols is 1. The first-order valence-electron chi connectivity index (χ1n) is 7.08. The maximum absolute atomic E-state index is 12.0. The van der Waals surface area contributed by atoms with Crippen molar-refractivity contribution in [1.82, 2.24) is 5.32 Å². The summed E-state index contributed by atoms with van der Waals surface area (Å²) in [5.41, 5.74) is 1.65. The van der Waals surface area contributed by atoms with Crippen molar-refractivity contribution in [2.45, 2.75) is 46.5 Å². The Bertz CT molecular complexity index is 484. The van der Waals surface area contributed by atoms with Gasteiger partial charge in [-0.2, -0.15) is 0 Å². The predicted octanol–water partition coefficient (Wildman–Crippen LogP) is 3.51. The van der Waals surface area contributed by atoms with Crippen LogP contribution < -0.4 is 5.32 Å². The fourth-order valence-corrected chi connectivity index (χ4v) is 2.86. The minimum atomic E-state index is -0.0848. The number of phenolic OH excluding ortho intramolecular Hbond substituents is 1. The number of likely N-dealkylation sites (N-methyl/N-ethyl adjacent to an activating group) is 1. The zero-order valence-electron chi connectivity index (χ0n) is 13.5. The molecule has 0 amide bonds. The van der Waals surface area contributed by atoms with Gasteiger partial charge in [0.2, 0.25) is 0 Å². The highest BCUT2D eigenvalue weighted by Gasteiger charge is 2.28. The summed E-state index contributed by atoms with van der Waals surface area (Å²) in [5, 5.41) is 12.7. The molecule has 1 aromatic rings. The molecular weight excluding hydrogens is 250 g/mol. The third-order valence-corrected chi connectivity index (χ3v) is 3.39. The van der Waals surface area contributed by atoms with Gasteiger partial charge in [-0.05, 0) is 42.0 Å². The molecule has 0 heterocycles. The number of rotatable bonds is 5. The van der Waals surface area contributed by atoms with E-state index >= 15 is 0 Å². The molecule has 0 spiro atoms. The summed E-state index contributed by atoms with van der Waals surface area (Å²) < 4.78 is 0. The quantitative estimate of drug-likeness (QED) is 0.810. The van der Waals surface area contributed by atoms with Crippen molar-refractivity contribution in [3.8, 4) is 5.75 Å². The van der Waals surface area contributed by atoms with Crippen LogP contribution in [-0.4, -0.2) is 24.5 Å². The van der Waals surface area contributed by atoms with Crippen LogP contribution in [0.25, 0.3) is 0 Å². The monoisotopic (exact) mass is 277 g/mol. The van der Waals surface area contributed by atoms with E-state index in [4.69, 9.17) is 0 Å². The van der Waals surface area contributed by atoms with Gasteiger partial charge in [0, 0.05) is 0 Å². The largest absolute Gasteiger partial charge is 0.507 e. The highest BCUT2D eigenvalue weighted by Crippen LogP contribution is 2.37. The third-order valence-electron chi connectivity index (χ3n) is 3.39. The van der Waals surface area contributed by atoms with Crippen LogP contribution >= 0.6 is 0 Å². The van der Waals surface area contributed by atoms with E-state index in [0.29, 0.717) is 5.56 Å². The Kier molecular flexibility index (Phi) is 4.98. The highest BCUT2D eigenvalue weighted by molar-refractivity contribution is 6.00. The molecule has 3 nitrogen and oxygen atoms in total. The van der Waals surface area contributed by atoms with Crippen LogP contribution in [0.2, 0.25) is 0 Å². The molecule has 0 radical (unpaired) electrons. The third kappa shape index (κ3) is 4.34. The average molecular weight is 277 g/mol. The second-order valence-corrected chi connectivity index (χ2v) is 7.31. The van der Waals surface area contributed by atoms with Gasteiger partial charge < -0.3 is 10.4 Å². The molecule has 0 atom stereocenters. The summed E-state index contributed by atoms with van der Waals surface area (Å²) in [6.45, 7) is 11.2. The van der Waals surface area contributed by atoms with Crippen LogP contribution in [0, 0.1) is 5.41 Å². The Morgan fingerprint density at radius 3 is 2.30 bits per heavy atom. The van der Waals surface area contributed by atoms with Crippen LogP contribution in [0.15, 0.2) is 18.2 Å². The Morgan fingerprint density at radius 2 is 1.80 bits per heavy atom. The first-order valence-corrected chi connectivity index (χ1v) is 7.08. The van der Waals surface area contributed by atoms with Crippen LogP contribution in [0.1, 0.15) is 57.0 Å². The molecule has 0 aromatic heterocycles. The number of benzene rings is 1. The van der Waals surface area contributed by atoms with E-state index in [-0.39, 0.29) is 28.9 Å². The molecule has 0 saturated heterocycles. The van der Waals surface area contributed by atoms with Crippen LogP contribution in [0.3, 0.4) is 0 Å². The molecule has 1 rings (SSSR count). The number of aromatic hydroxyl groups is 1. The second kappa shape index (κ2) is 5.96. The van der Waals surface area contributed by atoms with Crippen molar-refractivity contribution in [2.24, 2.45) is 5.41 Å². The molecule has 0 unspecified atom stereocenters. The number of carbonyl (C=O) groups excluding carboxylic acids is 1. The summed E-state index contributed by atoms with van der Waals surface area (Å²) in [6, 6.07) is 5.38. The van der Waals surface area contributed by atoms with Gasteiger partial charge in [-0.1, -0.05) is 40.7 Å². The van der Waals surface area contributed by atoms with Gasteiger partial charge in [-0.25, -0.2) is 0 Å². The summed E-state index contributed by atoms with van der Waals surface area (Å²) >= 11 is 0. The van der Waals surface area contributed by atoms with Gasteiger partial charge >= 0.3 is 0 Å². The minimum Gasteiger partial charge on any atom is -0.507 e. The molecule has 0 bridgehead atoms. The summed E-state index contributed by atoms with van der Waals surface area (Å²) in [6.07, 6.45) is 1.00. The van der Waals surface area contributed by atoms with Gasteiger partial charge in [0.1, 0.15) is 5.75 Å². The number of nitrogens with one attached hydrogen (secondary N) is 1. The van der Waals surface area contributed by atoms with Crippen molar-refractivity contribution in [3.05, 3.63) is 29.3 Å². The number of Topliss-reactive ketones (excluding diaryl/α,β-unsaturated/α-hetero) is 1. The average Bonchev–Trinajstić information content (AvgIpc) is 2.26. The lowest BCUT2D eigenvalue weighted by Crippen LogP contribution is -2.25. The number of hydrogen-bond donors (Lipinski definition) is 2. The van der Waals surface area contributed by atoms with Crippen molar-refractivity contribution >= 4 is 5.78 Å². The van der Waals surface area contributed by atoms with Crippen LogP contribution in [0.5, 0.6) is 5.75 Å². The van der Waals surface area contributed by atoms with E-state index < -0.39 is 0 Å². The fraction of sp³-hybridized carbons (Fsp3) is 0.588. The van der Waals surface area contributed by atoms with Gasteiger partial charge in [0.05, 0.1) is 12.1 Å². The minimum absolute atomic E-state index is 0.0410. The standard InChI is InChI=1S/C17H27NO2/c1-16(2,3)11-17(4,5)12-7-8-14(19)13(9-12)15(20)10-18-6/h7-9,18-19H,10-11H2,1-6H3. The maximum Gasteiger partial charge on any atom is 0.180 e. The Balaban J connectivity index is 3.14. The van der Waals surface area contributed by atoms with Gasteiger partial charge in [0.25, 0.3) is 0 Å². The smallest absolute Gasteiger partial charge is 0.180 e. The molecular formula is C17H27NO2. The molecule has 0 aliphatic rings. The second-order valence-electron chi connectivity index (χ2n) is 7.31. The number of ketones is 1. The lowest BCUT2D eigenvalue weighted by atomic mass is 9.72. The fourth-order valence-electron chi connectivity index (χ4n) is 2.86. The van der Waals surface area contributed by atoms with Crippen LogP contribution in [0.4, 0.5) is 0 Å². The normalized spacial score (nSPS) is 12.5. The number of carbonyl (C=O) groups is 1. The molecule has 3 heteroatoms. The molecule has 0 saturated carbocycles. The van der Waals surface area contributed by atoms with E-state index in [9.17, 15) is 9.90 Å². The summed E-state index contributed by atoms with van der Waals surface area (Å²) in [4.78, 5) is 12.0. The Labute approximate surface area is 122 Å². The molecule has 0 fully saturated rings. The van der Waals surface area contributed by atoms with Crippen molar-refractivity contribution in [2.75, 3.05) is 13.6 Å². The van der Waals surface area contributed by atoms with E-state index in [1.165, 1.54) is 0 Å². The van der Waals surface area contributed by atoms with Crippen molar-refractivity contribution < 1.29 is 9.90 Å².